The molecule has 1 aromatic rings. The summed E-state index contributed by atoms with van der Waals surface area (Å²) in [5.41, 5.74) is 3.77. The van der Waals surface area contributed by atoms with Crippen LogP contribution in [-0.4, -0.2) is 19.2 Å². The third kappa shape index (κ3) is 3.18. The lowest BCUT2D eigenvalue weighted by Crippen LogP contribution is -2.33. The van der Waals surface area contributed by atoms with E-state index >= 15 is 0 Å². The summed E-state index contributed by atoms with van der Waals surface area (Å²) in [6.07, 6.45) is 8.28. The van der Waals surface area contributed by atoms with E-state index in [-0.39, 0.29) is 0 Å². The summed E-state index contributed by atoms with van der Waals surface area (Å²) in [5, 5.41) is 4.41. The predicted molar refractivity (Wildman–Crippen MR) is 84.6 cm³/mol. The summed E-state index contributed by atoms with van der Waals surface area (Å²) < 4.78 is 5.76. The van der Waals surface area contributed by atoms with Crippen LogP contribution >= 0.6 is 11.6 Å². The zero-order valence-electron chi connectivity index (χ0n) is 12.0. The maximum atomic E-state index is 6.21. The number of piperidine rings is 1. The number of benzene rings is 1. The molecule has 0 aliphatic carbocycles. The highest BCUT2D eigenvalue weighted by molar-refractivity contribution is 6.30. The van der Waals surface area contributed by atoms with Gasteiger partial charge in [-0.25, -0.2) is 0 Å². The number of nitrogens with one attached hydrogen (secondary N) is 1. The van der Waals surface area contributed by atoms with Gasteiger partial charge in [-0.3, -0.25) is 0 Å². The molecule has 1 saturated heterocycles. The average molecular weight is 292 g/mol. The summed E-state index contributed by atoms with van der Waals surface area (Å²) in [6.45, 7) is 4.14. The second-order valence-corrected chi connectivity index (χ2v) is 6.36. The van der Waals surface area contributed by atoms with Crippen molar-refractivity contribution in [3.63, 3.8) is 0 Å². The minimum Gasteiger partial charge on any atom is -0.492 e. The van der Waals surface area contributed by atoms with Gasteiger partial charge in [-0.1, -0.05) is 29.7 Å². The Bertz CT molecular complexity index is 518. The van der Waals surface area contributed by atoms with Gasteiger partial charge in [0.05, 0.1) is 6.61 Å². The molecule has 2 heterocycles. The molecule has 108 valence electrons. The van der Waals surface area contributed by atoms with E-state index < -0.39 is 0 Å². The second kappa shape index (κ2) is 6.19. The van der Waals surface area contributed by atoms with E-state index in [1.165, 1.54) is 30.4 Å². The van der Waals surface area contributed by atoms with Crippen LogP contribution in [0.25, 0.3) is 6.08 Å². The normalized spacial score (nSPS) is 22.5. The largest absolute Gasteiger partial charge is 0.492 e. The molecule has 1 atom stereocenters. The lowest BCUT2D eigenvalue weighted by Gasteiger charge is -2.23. The first-order chi connectivity index (χ1) is 9.72. The van der Waals surface area contributed by atoms with Gasteiger partial charge in [-0.2, -0.15) is 0 Å². The zero-order chi connectivity index (χ0) is 13.9. The van der Waals surface area contributed by atoms with Crippen LogP contribution in [0.4, 0.5) is 0 Å². The lowest BCUT2D eigenvalue weighted by atomic mass is 9.97. The molecular weight excluding hydrogens is 270 g/mol. The number of rotatable bonds is 3. The minimum absolute atomic E-state index is 0.633. The Morgan fingerprint density at radius 3 is 3.15 bits per heavy atom. The quantitative estimate of drug-likeness (QED) is 0.901. The SMILES string of the molecule is C/C(=C/c1cc(Cl)cc2c1OCC2)CC1CCCCN1. The smallest absolute Gasteiger partial charge is 0.129 e. The summed E-state index contributed by atoms with van der Waals surface area (Å²) in [5.74, 6) is 1.03. The Morgan fingerprint density at radius 2 is 2.35 bits per heavy atom. The van der Waals surface area contributed by atoms with Crippen LogP contribution in [0.2, 0.25) is 5.02 Å². The van der Waals surface area contributed by atoms with Gasteiger partial charge < -0.3 is 10.1 Å². The van der Waals surface area contributed by atoms with Crippen molar-refractivity contribution in [2.75, 3.05) is 13.2 Å². The molecule has 2 aliphatic rings. The molecule has 1 aromatic carbocycles. The van der Waals surface area contributed by atoms with Gasteiger partial charge in [0.1, 0.15) is 5.75 Å². The highest BCUT2D eigenvalue weighted by Gasteiger charge is 2.17. The molecule has 3 rings (SSSR count). The number of hydrogen-bond acceptors (Lipinski definition) is 2. The molecule has 1 N–H and O–H groups in total. The lowest BCUT2D eigenvalue weighted by molar-refractivity contribution is 0.356. The van der Waals surface area contributed by atoms with Crippen molar-refractivity contribution in [3.05, 3.63) is 33.9 Å². The van der Waals surface area contributed by atoms with Crippen molar-refractivity contribution in [1.29, 1.82) is 0 Å². The molecule has 0 spiro atoms. The van der Waals surface area contributed by atoms with E-state index in [2.05, 4.69) is 18.3 Å². The Balaban J connectivity index is 1.77. The monoisotopic (exact) mass is 291 g/mol. The second-order valence-electron chi connectivity index (χ2n) is 5.92. The fourth-order valence-electron chi connectivity index (χ4n) is 3.22. The van der Waals surface area contributed by atoms with Crippen molar-refractivity contribution >= 4 is 17.7 Å². The van der Waals surface area contributed by atoms with E-state index in [4.69, 9.17) is 16.3 Å². The highest BCUT2D eigenvalue weighted by Crippen LogP contribution is 2.34. The fourth-order valence-corrected chi connectivity index (χ4v) is 3.47. The van der Waals surface area contributed by atoms with Gasteiger partial charge in [-0.15, -0.1) is 0 Å². The third-order valence-corrected chi connectivity index (χ3v) is 4.38. The number of hydrogen-bond donors (Lipinski definition) is 1. The standard InChI is InChI=1S/C17H22ClNO/c1-12(9-16-4-2-3-6-19-16)8-14-11-15(18)10-13-5-7-20-17(13)14/h8,10-11,16,19H,2-7,9H2,1H3/b12-8-. The Morgan fingerprint density at radius 1 is 1.45 bits per heavy atom. The number of fused-ring (bicyclic) bond motifs is 1. The van der Waals surface area contributed by atoms with Crippen molar-refractivity contribution < 1.29 is 4.74 Å². The Hall–Kier alpha value is -0.990. The van der Waals surface area contributed by atoms with Crippen LogP contribution in [0.1, 0.15) is 43.7 Å². The van der Waals surface area contributed by atoms with Crippen LogP contribution in [0, 0.1) is 0 Å². The first kappa shape index (κ1) is 14.0. The van der Waals surface area contributed by atoms with Crippen molar-refractivity contribution in [1.82, 2.24) is 5.32 Å². The van der Waals surface area contributed by atoms with Crippen LogP contribution in [0.15, 0.2) is 17.7 Å². The molecule has 0 saturated carbocycles. The van der Waals surface area contributed by atoms with Gasteiger partial charge in [0, 0.05) is 23.0 Å². The first-order valence-corrected chi connectivity index (χ1v) is 7.96. The number of ether oxygens (including phenoxy) is 1. The van der Waals surface area contributed by atoms with Crippen molar-refractivity contribution in [2.45, 2.75) is 45.1 Å². The van der Waals surface area contributed by atoms with Crippen LogP contribution in [0.5, 0.6) is 5.75 Å². The van der Waals surface area contributed by atoms with Crippen LogP contribution < -0.4 is 10.1 Å². The highest BCUT2D eigenvalue weighted by atomic mass is 35.5. The fraction of sp³-hybridized carbons (Fsp3) is 0.529. The molecule has 2 nitrogen and oxygen atoms in total. The molecule has 0 radical (unpaired) electrons. The third-order valence-electron chi connectivity index (χ3n) is 4.16. The molecular formula is C17H22ClNO. The maximum Gasteiger partial charge on any atom is 0.129 e. The number of halogens is 1. The van der Waals surface area contributed by atoms with Crippen molar-refractivity contribution in [2.24, 2.45) is 0 Å². The molecule has 3 heteroatoms. The summed E-state index contributed by atoms with van der Waals surface area (Å²) in [6, 6.07) is 4.68. The van der Waals surface area contributed by atoms with Gasteiger partial charge >= 0.3 is 0 Å². The summed E-state index contributed by atoms with van der Waals surface area (Å²) in [7, 11) is 0. The zero-order valence-corrected chi connectivity index (χ0v) is 12.8. The van der Waals surface area contributed by atoms with Crippen LogP contribution in [0.3, 0.4) is 0 Å². The van der Waals surface area contributed by atoms with E-state index in [9.17, 15) is 0 Å². The predicted octanol–water partition coefficient (Wildman–Crippen LogP) is 4.21. The van der Waals surface area contributed by atoms with E-state index in [0.29, 0.717) is 6.04 Å². The Kier molecular flexibility index (Phi) is 4.32. The molecule has 0 aromatic heterocycles. The Labute approximate surface area is 126 Å². The van der Waals surface area contributed by atoms with Gasteiger partial charge in [-0.05, 0) is 50.4 Å². The maximum absolute atomic E-state index is 6.21. The van der Waals surface area contributed by atoms with E-state index in [1.54, 1.807) is 0 Å². The topological polar surface area (TPSA) is 21.3 Å². The van der Waals surface area contributed by atoms with Gasteiger partial charge in [0.15, 0.2) is 0 Å². The average Bonchev–Trinajstić information content (AvgIpc) is 2.88. The van der Waals surface area contributed by atoms with E-state index in [0.717, 1.165) is 42.3 Å². The first-order valence-electron chi connectivity index (χ1n) is 7.58. The van der Waals surface area contributed by atoms with E-state index in [1.807, 2.05) is 12.1 Å². The van der Waals surface area contributed by atoms with Gasteiger partial charge in [0.2, 0.25) is 0 Å². The molecule has 1 fully saturated rings. The molecule has 0 bridgehead atoms. The molecule has 2 aliphatic heterocycles. The summed E-state index contributed by atoms with van der Waals surface area (Å²) in [4.78, 5) is 0. The molecule has 1 unspecified atom stereocenters. The van der Waals surface area contributed by atoms with Gasteiger partial charge in [0.25, 0.3) is 0 Å². The minimum atomic E-state index is 0.633. The molecule has 20 heavy (non-hydrogen) atoms. The summed E-state index contributed by atoms with van der Waals surface area (Å²) >= 11 is 6.21. The van der Waals surface area contributed by atoms with Crippen LogP contribution in [-0.2, 0) is 6.42 Å². The van der Waals surface area contributed by atoms with Crippen molar-refractivity contribution in [3.8, 4) is 5.75 Å². The molecule has 0 amide bonds.